The number of pyridine rings is 1. The van der Waals surface area contributed by atoms with E-state index < -0.39 is 5.54 Å². The highest BCUT2D eigenvalue weighted by molar-refractivity contribution is 6.02. The van der Waals surface area contributed by atoms with Crippen LogP contribution in [-0.2, 0) is 14.3 Å². The molecule has 0 bridgehead atoms. The van der Waals surface area contributed by atoms with Crippen molar-refractivity contribution in [1.82, 2.24) is 10.3 Å². The van der Waals surface area contributed by atoms with Gasteiger partial charge in [-0.15, -0.1) is 0 Å². The minimum atomic E-state index is -0.959. The Morgan fingerprint density at radius 2 is 1.96 bits per heavy atom. The zero-order valence-corrected chi connectivity index (χ0v) is 13.2. The molecule has 0 saturated carbocycles. The second kappa shape index (κ2) is 6.94. The van der Waals surface area contributed by atoms with Gasteiger partial charge in [0.15, 0.2) is 0 Å². The van der Waals surface area contributed by atoms with Gasteiger partial charge in [0.05, 0.1) is 23.3 Å². The normalized spacial score (nSPS) is 16.5. The highest BCUT2D eigenvalue weighted by atomic mass is 16.5. The SMILES string of the molecule is NC1(C(=O)NCC(=O)Nc2cccc3cccnc23)CCOCC1. The number of rotatable bonds is 4. The zero-order valence-electron chi connectivity index (χ0n) is 13.2. The van der Waals surface area contributed by atoms with Gasteiger partial charge in [0, 0.05) is 24.8 Å². The molecule has 1 aromatic heterocycles. The predicted molar refractivity (Wildman–Crippen MR) is 90.4 cm³/mol. The van der Waals surface area contributed by atoms with Gasteiger partial charge in [0.2, 0.25) is 11.8 Å². The number of benzene rings is 1. The highest BCUT2D eigenvalue weighted by Gasteiger charge is 2.35. The van der Waals surface area contributed by atoms with Gasteiger partial charge in [-0.25, -0.2) is 0 Å². The number of carbonyl (C=O) groups excluding carboxylic acids is 2. The Balaban J connectivity index is 1.60. The van der Waals surface area contributed by atoms with Gasteiger partial charge in [-0.1, -0.05) is 18.2 Å². The minimum Gasteiger partial charge on any atom is -0.381 e. The molecule has 1 aliphatic heterocycles. The van der Waals surface area contributed by atoms with Crippen molar-refractivity contribution in [3.8, 4) is 0 Å². The van der Waals surface area contributed by atoms with E-state index in [0.29, 0.717) is 37.3 Å². The van der Waals surface area contributed by atoms with Gasteiger partial charge in [-0.05, 0) is 25.0 Å². The highest BCUT2D eigenvalue weighted by Crippen LogP contribution is 2.20. The number of hydrogen-bond acceptors (Lipinski definition) is 5. The van der Waals surface area contributed by atoms with Crippen LogP contribution in [0.5, 0.6) is 0 Å². The molecule has 1 aliphatic rings. The predicted octanol–water partition coefficient (Wildman–Crippen LogP) is 0.797. The van der Waals surface area contributed by atoms with Crippen LogP contribution in [0.2, 0.25) is 0 Å². The Kier molecular flexibility index (Phi) is 4.73. The van der Waals surface area contributed by atoms with Gasteiger partial charge >= 0.3 is 0 Å². The molecule has 0 atom stereocenters. The van der Waals surface area contributed by atoms with E-state index in [0.717, 1.165) is 5.39 Å². The summed E-state index contributed by atoms with van der Waals surface area (Å²) in [6, 6.07) is 9.29. The quantitative estimate of drug-likeness (QED) is 0.769. The Morgan fingerprint density at radius 1 is 1.21 bits per heavy atom. The summed E-state index contributed by atoms with van der Waals surface area (Å²) in [5.74, 6) is -0.644. The van der Waals surface area contributed by atoms with E-state index in [-0.39, 0.29) is 18.4 Å². The van der Waals surface area contributed by atoms with E-state index >= 15 is 0 Å². The van der Waals surface area contributed by atoms with Crippen LogP contribution >= 0.6 is 0 Å². The Morgan fingerprint density at radius 3 is 2.75 bits per heavy atom. The molecule has 0 spiro atoms. The van der Waals surface area contributed by atoms with E-state index in [1.165, 1.54) is 0 Å². The number of nitrogens with one attached hydrogen (secondary N) is 2. The molecule has 1 fully saturated rings. The first-order chi connectivity index (χ1) is 11.6. The second-order valence-corrected chi connectivity index (χ2v) is 5.88. The van der Waals surface area contributed by atoms with Crippen LogP contribution in [0, 0.1) is 0 Å². The van der Waals surface area contributed by atoms with Gasteiger partial charge < -0.3 is 21.1 Å². The van der Waals surface area contributed by atoms with Gasteiger partial charge in [-0.3, -0.25) is 14.6 Å². The topological polar surface area (TPSA) is 106 Å². The molecular formula is C17H20N4O3. The van der Waals surface area contributed by atoms with E-state index in [1.54, 1.807) is 12.3 Å². The third-order valence-corrected chi connectivity index (χ3v) is 4.15. The van der Waals surface area contributed by atoms with E-state index in [9.17, 15) is 9.59 Å². The fourth-order valence-corrected chi connectivity index (χ4v) is 2.70. The molecule has 2 aromatic rings. The number of nitrogens with two attached hydrogens (primary N) is 1. The smallest absolute Gasteiger partial charge is 0.243 e. The minimum absolute atomic E-state index is 0.137. The molecule has 2 heterocycles. The summed E-state index contributed by atoms with van der Waals surface area (Å²) in [7, 11) is 0. The number of fused-ring (bicyclic) bond motifs is 1. The fourth-order valence-electron chi connectivity index (χ4n) is 2.70. The second-order valence-electron chi connectivity index (χ2n) is 5.88. The first-order valence-electron chi connectivity index (χ1n) is 7.87. The van der Waals surface area contributed by atoms with Crippen molar-refractivity contribution in [2.75, 3.05) is 25.1 Å². The van der Waals surface area contributed by atoms with E-state index in [1.807, 2.05) is 24.3 Å². The lowest BCUT2D eigenvalue weighted by atomic mass is 9.90. The Labute approximate surface area is 139 Å². The summed E-state index contributed by atoms with van der Waals surface area (Å²) in [6.07, 6.45) is 2.57. The Hall–Kier alpha value is -2.51. The Bertz CT molecular complexity index is 751. The third kappa shape index (κ3) is 3.52. The largest absolute Gasteiger partial charge is 0.381 e. The fraction of sp³-hybridized carbons (Fsp3) is 0.353. The molecule has 0 unspecified atom stereocenters. The molecular weight excluding hydrogens is 308 g/mol. The summed E-state index contributed by atoms with van der Waals surface area (Å²) in [6.45, 7) is 0.775. The number of carbonyl (C=O) groups is 2. The molecule has 3 rings (SSSR count). The summed E-state index contributed by atoms with van der Waals surface area (Å²) in [5, 5.41) is 6.32. The summed E-state index contributed by atoms with van der Waals surface area (Å²) in [5.41, 5.74) is 6.44. The van der Waals surface area contributed by atoms with Crippen LogP contribution in [0.25, 0.3) is 10.9 Å². The van der Waals surface area contributed by atoms with Crippen LogP contribution in [0.15, 0.2) is 36.5 Å². The zero-order chi connectivity index (χ0) is 17.0. The maximum Gasteiger partial charge on any atom is 0.243 e. The van der Waals surface area contributed by atoms with Gasteiger partial charge in [0.1, 0.15) is 0 Å². The van der Waals surface area contributed by atoms with Crippen molar-refractivity contribution >= 4 is 28.4 Å². The van der Waals surface area contributed by atoms with Crippen LogP contribution in [-0.4, -0.2) is 42.1 Å². The molecule has 0 aliphatic carbocycles. The van der Waals surface area contributed by atoms with Crippen LogP contribution < -0.4 is 16.4 Å². The molecule has 7 nitrogen and oxygen atoms in total. The van der Waals surface area contributed by atoms with Crippen molar-refractivity contribution in [3.05, 3.63) is 36.5 Å². The van der Waals surface area contributed by atoms with Gasteiger partial charge in [-0.2, -0.15) is 0 Å². The van der Waals surface area contributed by atoms with Crippen molar-refractivity contribution in [2.24, 2.45) is 5.73 Å². The maximum atomic E-state index is 12.2. The van der Waals surface area contributed by atoms with E-state index in [4.69, 9.17) is 10.5 Å². The molecule has 126 valence electrons. The molecule has 4 N–H and O–H groups in total. The number of amides is 2. The van der Waals surface area contributed by atoms with Gasteiger partial charge in [0.25, 0.3) is 0 Å². The maximum absolute atomic E-state index is 12.2. The summed E-state index contributed by atoms with van der Waals surface area (Å²) < 4.78 is 5.21. The average Bonchev–Trinajstić information content (AvgIpc) is 2.60. The van der Waals surface area contributed by atoms with E-state index in [2.05, 4.69) is 15.6 Å². The van der Waals surface area contributed by atoms with Crippen molar-refractivity contribution in [2.45, 2.75) is 18.4 Å². The lowest BCUT2D eigenvalue weighted by Crippen LogP contribution is -2.57. The lowest BCUT2D eigenvalue weighted by Gasteiger charge is -2.31. The molecule has 1 saturated heterocycles. The number of para-hydroxylation sites is 1. The lowest BCUT2D eigenvalue weighted by molar-refractivity contribution is -0.131. The molecule has 2 amide bonds. The standard InChI is InChI=1S/C17H20N4O3/c18-17(6-9-24-10-7-17)16(23)20-11-14(22)21-13-5-1-3-12-4-2-8-19-15(12)13/h1-5,8H,6-7,9-11,18H2,(H,20,23)(H,21,22). The number of nitrogens with zero attached hydrogens (tertiary/aromatic N) is 1. The molecule has 24 heavy (non-hydrogen) atoms. The summed E-state index contributed by atoms with van der Waals surface area (Å²) >= 11 is 0. The third-order valence-electron chi connectivity index (χ3n) is 4.15. The first kappa shape index (κ1) is 16.4. The molecule has 1 aromatic carbocycles. The molecule has 7 heteroatoms. The molecule has 0 radical (unpaired) electrons. The monoisotopic (exact) mass is 328 g/mol. The van der Waals surface area contributed by atoms with Crippen LogP contribution in [0.3, 0.4) is 0 Å². The number of hydrogen-bond donors (Lipinski definition) is 3. The van der Waals surface area contributed by atoms with Crippen LogP contribution in [0.1, 0.15) is 12.8 Å². The summed E-state index contributed by atoms with van der Waals surface area (Å²) in [4.78, 5) is 28.6. The number of aromatic nitrogens is 1. The number of ether oxygens (including phenoxy) is 1. The average molecular weight is 328 g/mol. The van der Waals surface area contributed by atoms with Crippen molar-refractivity contribution < 1.29 is 14.3 Å². The van der Waals surface area contributed by atoms with Crippen LogP contribution in [0.4, 0.5) is 5.69 Å². The van der Waals surface area contributed by atoms with Crippen molar-refractivity contribution in [3.63, 3.8) is 0 Å². The van der Waals surface area contributed by atoms with Crippen molar-refractivity contribution in [1.29, 1.82) is 0 Å². The number of anilines is 1. The first-order valence-corrected chi connectivity index (χ1v) is 7.87.